The van der Waals surface area contributed by atoms with Gasteiger partial charge in [0.25, 0.3) is 0 Å². The van der Waals surface area contributed by atoms with Crippen LogP contribution in [0.5, 0.6) is 0 Å². The Labute approximate surface area is 114 Å². The SMILES string of the molecule is CSC(C)N1CCN(Cc2c(C)noc2C)CC1. The second-order valence-corrected chi connectivity index (χ2v) is 6.10. The third kappa shape index (κ3) is 3.08. The first kappa shape index (κ1) is 13.9. The zero-order valence-corrected chi connectivity index (χ0v) is 12.6. The highest BCUT2D eigenvalue weighted by atomic mass is 32.2. The molecule has 18 heavy (non-hydrogen) atoms. The van der Waals surface area contributed by atoms with E-state index in [2.05, 4.69) is 28.1 Å². The Kier molecular flexibility index (Phi) is 4.70. The Morgan fingerprint density at radius 1 is 1.28 bits per heavy atom. The van der Waals surface area contributed by atoms with E-state index in [1.54, 1.807) is 0 Å². The topological polar surface area (TPSA) is 32.5 Å². The van der Waals surface area contributed by atoms with Gasteiger partial charge >= 0.3 is 0 Å². The standard InChI is InChI=1S/C13H23N3OS/c1-10-13(11(2)17-14-10)9-15-5-7-16(8-6-15)12(3)18-4/h12H,5-9H2,1-4H3. The fraction of sp³-hybridized carbons (Fsp3) is 0.769. The number of hydrogen-bond donors (Lipinski definition) is 0. The molecule has 0 bridgehead atoms. The van der Waals surface area contributed by atoms with E-state index in [9.17, 15) is 0 Å². The normalized spacial score (nSPS) is 20.2. The van der Waals surface area contributed by atoms with Crippen molar-refractivity contribution in [3.8, 4) is 0 Å². The van der Waals surface area contributed by atoms with Gasteiger partial charge in [0.1, 0.15) is 5.76 Å². The fourth-order valence-electron chi connectivity index (χ4n) is 2.39. The highest BCUT2D eigenvalue weighted by Gasteiger charge is 2.22. The van der Waals surface area contributed by atoms with Crippen LogP contribution in [-0.4, -0.2) is 52.8 Å². The van der Waals surface area contributed by atoms with Crippen molar-refractivity contribution >= 4 is 11.8 Å². The molecule has 0 N–H and O–H groups in total. The molecule has 0 saturated carbocycles. The van der Waals surface area contributed by atoms with Crippen LogP contribution < -0.4 is 0 Å². The molecular formula is C13H23N3OS. The smallest absolute Gasteiger partial charge is 0.138 e. The van der Waals surface area contributed by atoms with Crippen molar-refractivity contribution in [3.05, 3.63) is 17.0 Å². The molecule has 0 spiro atoms. The Balaban J connectivity index is 1.87. The molecule has 0 aliphatic carbocycles. The van der Waals surface area contributed by atoms with E-state index in [1.807, 2.05) is 25.6 Å². The Bertz CT molecular complexity index is 366. The maximum Gasteiger partial charge on any atom is 0.138 e. The first-order valence-corrected chi connectivity index (χ1v) is 7.81. The second-order valence-electron chi connectivity index (χ2n) is 4.95. The molecule has 0 radical (unpaired) electrons. The average Bonchev–Trinajstić information content (AvgIpc) is 2.70. The van der Waals surface area contributed by atoms with Crippen molar-refractivity contribution in [2.45, 2.75) is 32.7 Å². The van der Waals surface area contributed by atoms with E-state index in [4.69, 9.17) is 4.52 Å². The number of hydrogen-bond acceptors (Lipinski definition) is 5. The van der Waals surface area contributed by atoms with Gasteiger partial charge in [-0.2, -0.15) is 0 Å². The van der Waals surface area contributed by atoms with Crippen molar-refractivity contribution in [1.29, 1.82) is 0 Å². The maximum atomic E-state index is 5.22. The zero-order valence-electron chi connectivity index (χ0n) is 11.8. The molecule has 2 heterocycles. The molecule has 102 valence electrons. The number of rotatable bonds is 4. The van der Waals surface area contributed by atoms with E-state index in [0.29, 0.717) is 5.37 Å². The van der Waals surface area contributed by atoms with Crippen LogP contribution in [0.2, 0.25) is 0 Å². The number of thioether (sulfide) groups is 1. The molecule has 4 nitrogen and oxygen atoms in total. The fourth-order valence-corrected chi connectivity index (χ4v) is 2.89. The molecule has 1 aliphatic heterocycles. The van der Waals surface area contributed by atoms with Crippen LogP contribution in [-0.2, 0) is 6.54 Å². The van der Waals surface area contributed by atoms with E-state index in [1.165, 1.54) is 5.56 Å². The first-order chi connectivity index (χ1) is 8.61. The van der Waals surface area contributed by atoms with Crippen LogP contribution in [0.1, 0.15) is 23.9 Å². The summed E-state index contributed by atoms with van der Waals surface area (Å²) in [5.74, 6) is 0.965. The lowest BCUT2D eigenvalue weighted by molar-refractivity contribution is 0.123. The summed E-state index contributed by atoms with van der Waals surface area (Å²) in [6.07, 6.45) is 2.18. The number of aryl methyl sites for hydroxylation is 2. The number of nitrogens with zero attached hydrogens (tertiary/aromatic N) is 3. The summed E-state index contributed by atoms with van der Waals surface area (Å²) in [5.41, 5.74) is 2.30. The molecule has 1 atom stereocenters. The number of piperazine rings is 1. The molecule has 1 aromatic rings. The van der Waals surface area contributed by atoms with Gasteiger partial charge < -0.3 is 4.52 Å². The van der Waals surface area contributed by atoms with E-state index >= 15 is 0 Å². The molecule has 1 aliphatic rings. The minimum absolute atomic E-state index is 0.631. The lowest BCUT2D eigenvalue weighted by Crippen LogP contribution is -2.48. The third-order valence-electron chi connectivity index (χ3n) is 3.83. The molecule has 1 aromatic heterocycles. The highest BCUT2D eigenvalue weighted by molar-refractivity contribution is 7.99. The van der Waals surface area contributed by atoms with Crippen molar-refractivity contribution in [3.63, 3.8) is 0 Å². The molecule has 5 heteroatoms. The predicted octanol–water partition coefficient (Wildman–Crippen LogP) is 2.12. The van der Waals surface area contributed by atoms with Gasteiger partial charge in [-0.25, -0.2) is 0 Å². The van der Waals surface area contributed by atoms with Gasteiger partial charge in [-0.1, -0.05) is 5.16 Å². The maximum absolute atomic E-state index is 5.22. The summed E-state index contributed by atoms with van der Waals surface area (Å²) in [6, 6.07) is 0. The largest absolute Gasteiger partial charge is 0.361 e. The van der Waals surface area contributed by atoms with Crippen LogP contribution >= 0.6 is 11.8 Å². The van der Waals surface area contributed by atoms with Crippen molar-refractivity contribution in [2.24, 2.45) is 0 Å². The van der Waals surface area contributed by atoms with Crippen LogP contribution in [0.4, 0.5) is 0 Å². The van der Waals surface area contributed by atoms with Gasteiger partial charge in [-0.05, 0) is 27.0 Å². The Hall–Kier alpha value is -0.520. The van der Waals surface area contributed by atoms with Crippen molar-refractivity contribution in [1.82, 2.24) is 15.0 Å². The summed E-state index contributed by atoms with van der Waals surface area (Å²) in [6.45, 7) is 11.9. The van der Waals surface area contributed by atoms with Crippen LogP contribution in [0, 0.1) is 13.8 Å². The van der Waals surface area contributed by atoms with Gasteiger partial charge in [0.15, 0.2) is 0 Å². The van der Waals surface area contributed by atoms with E-state index in [-0.39, 0.29) is 0 Å². The third-order valence-corrected chi connectivity index (χ3v) is 4.81. The monoisotopic (exact) mass is 269 g/mol. The molecule has 1 saturated heterocycles. The van der Waals surface area contributed by atoms with E-state index in [0.717, 1.165) is 44.2 Å². The second kappa shape index (κ2) is 6.08. The Morgan fingerprint density at radius 3 is 2.44 bits per heavy atom. The average molecular weight is 269 g/mol. The van der Waals surface area contributed by atoms with Gasteiger partial charge in [-0.15, -0.1) is 11.8 Å². The quantitative estimate of drug-likeness (QED) is 0.836. The summed E-state index contributed by atoms with van der Waals surface area (Å²) in [5, 5.41) is 4.65. The molecule has 1 fully saturated rings. The van der Waals surface area contributed by atoms with Crippen LogP contribution in [0.25, 0.3) is 0 Å². The molecular weight excluding hydrogens is 246 g/mol. The molecule has 0 aromatic carbocycles. The predicted molar refractivity (Wildman–Crippen MR) is 75.8 cm³/mol. The van der Waals surface area contributed by atoms with Gasteiger partial charge in [0, 0.05) is 38.3 Å². The lowest BCUT2D eigenvalue weighted by atomic mass is 10.2. The van der Waals surface area contributed by atoms with E-state index < -0.39 is 0 Å². The van der Waals surface area contributed by atoms with Crippen molar-refractivity contribution in [2.75, 3.05) is 32.4 Å². The summed E-state index contributed by atoms with van der Waals surface area (Å²) >= 11 is 1.93. The van der Waals surface area contributed by atoms with Crippen molar-refractivity contribution < 1.29 is 4.52 Å². The summed E-state index contributed by atoms with van der Waals surface area (Å²) in [7, 11) is 0. The summed E-state index contributed by atoms with van der Waals surface area (Å²) in [4.78, 5) is 5.05. The number of aromatic nitrogens is 1. The minimum atomic E-state index is 0.631. The molecule has 1 unspecified atom stereocenters. The van der Waals surface area contributed by atoms with Crippen LogP contribution in [0.15, 0.2) is 4.52 Å². The highest BCUT2D eigenvalue weighted by Crippen LogP contribution is 2.18. The Morgan fingerprint density at radius 2 is 1.94 bits per heavy atom. The molecule has 0 amide bonds. The lowest BCUT2D eigenvalue weighted by Gasteiger charge is -2.37. The molecule has 2 rings (SSSR count). The van der Waals surface area contributed by atoms with Crippen LogP contribution in [0.3, 0.4) is 0 Å². The summed E-state index contributed by atoms with van der Waals surface area (Å²) < 4.78 is 5.22. The van der Waals surface area contributed by atoms with Gasteiger partial charge in [0.05, 0.1) is 11.1 Å². The van der Waals surface area contributed by atoms with Gasteiger partial charge in [-0.3, -0.25) is 9.80 Å². The minimum Gasteiger partial charge on any atom is -0.361 e. The first-order valence-electron chi connectivity index (χ1n) is 6.52. The zero-order chi connectivity index (χ0) is 13.1. The van der Waals surface area contributed by atoms with Gasteiger partial charge in [0.2, 0.25) is 0 Å².